The van der Waals surface area contributed by atoms with Gasteiger partial charge in [-0.15, -0.1) is 0 Å². The molecule has 1 aromatic rings. The zero-order chi connectivity index (χ0) is 15.2. The summed E-state index contributed by atoms with van der Waals surface area (Å²) in [5.74, 6) is 0.0788. The molecular weight excluding hydrogens is 272 g/mol. The summed E-state index contributed by atoms with van der Waals surface area (Å²) < 4.78 is 0. The SMILES string of the molecule is C[C@@H]1CNCCN1C(=O)CCNc1ccccc1[N+](=O)[O-]. The van der Waals surface area contributed by atoms with Crippen LogP contribution < -0.4 is 10.6 Å². The molecule has 1 saturated heterocycles. The maximum absolute atomic E-state index is 12.1. The number of para-hydroxylation sites is 2. The number of piperazine rings is 1. The lowest BCUT2D eigenvalue weighted by Gasteiger charge is -2.34. The number of rotatable bonds is 5. The first-order valence-corrected chi connectivity index (χ1v) is 7.07. The number of anilines is 1. The lowest BCUT2D eigenvalue weighted by molar-refractivity contribution is -0.384. The Morgan fingerprint density at radius 3 is 3.00 bits per heavy atom. The maximum Gasteiger partial charge on any atom is 0.292 e. The summed E-state index contributed by atoms with van der Waals surface area (Å²) in [5.41, 5.74) is 0.476. The number of hydrogen-bond donors (Lipinski definition) is 2. The molecular formula is C14H20N4O3. The molecule has 0 spiro atoms. The standard InChI is InChI=1S/C14H20N4O3/c1-11-10-15-8-9-17(11)14(19)6-7-16-12-4-2-3-5-13(12)18(20)21/h2-5,11,15-16H,6-10H2,1H3/t11-/m1/s1. The summed E-state index contributed by atoms with van der Waals surface area (Å²) in [4.78, 5) is 24.5. The Morgan fingerprint density at radius 2 is 2.29 bits per heavy atom. The molecule has 1 aliphatic rings. The zero-order valence-electron chi connectivity index (χ0n) is 12.0. The number of carbonyl (C=O) groups is 1. The van der Waals surface area contributed by atoms with E-state index in [1.165, 1.54) is 6.07 Å². The van der Waals surface area contributed by atoms with Crippen molar-refractivity contribution in [2.45, 2.75) is 19.4 Å². The van der Waals surface area contributed by atoms with Gasteiger partial charge in [0.15, 0.2) is 0 Å². The molecule has 114 valence electrons. The smallest absolute Gasteiger partial charge is 0.292 e. The summed E-state index contributed by atoms with van der Waals surface area (Å²) in [5, 5.41) is 17.1. The normalized spacial score (nSPS) is 18.3. The fourth-order valence-corrected chi connectivity index (χ4v) is 2.44. The number of hydrogen-bond acceptors (Lipinski definition) is 5. The second-order valence-corrected chi connectivity index (χ2v) is 5.09. The number of nitro groups is 1. The van der Waals surface area contributed by atoms with E-state index in [0.29, 0.717) is 25.2 Å². The van der Waals surface area contributed by atoms with Crippen molar-refractivity contribution in [3.05, 3.63) is 34.4 Å². The number of nitro benzene ring substituents is 1. The highest BCUT2D eigenvalue weighted by Gasteiger charge is 2.22. The van der Waals surface area contributed by atoms with Crippen molar-refractivity contribution in [1.29, 1.82) is 0 Å². The molecule has 0 bridgehead atoms. The van der Waals surface area contributed by atoms with E-state index in [1.807, 2.05) is 11.8 Å². The summed E-state index contributed by atoms with van der Waals surface area (Å²) in [6, 6.07) is 6.64. The summed E-state index contributed by atoms with van der Waals surface area (Å²) in [6.07, 6.45) is 0.330. The van der Waals surface area contributed by atoms with Crippen molar-refractivity contribution in [3.63, 3.8) is 0 Å². The molecule has 0 unspecified atom stereocenters. The minimum absolute atomic E-state index is 0.0282. The van der Waals surface area contributed by atoms with Gasteiger partial charge in [-0.25, -0.2) is 0 Å². The minimum Gasteiger partial charge on any atom is -0.379 e. The summed E-state index contributed by atoms with van der Waals surface area (Å²) >= 11 is 0. The van der Waals surface area contributed by atoms with Gasteiger partial charge in [0.05, 0.1) is 4.92 Å². The molecule has 1 aromatic carbocycles. The number of nitrogens with one attached hydrogen (secondary N) is 2. The van der Waals surface area contributed by atoms with E-state index >= 15 is 0 Å². The maximum atomic E-state index is 12.1. The van der Waals surface area contributed by atoms with E-state index in [0.717, 1.165) is 13.1 Å². The lowest BCUT2D eigenvalue weighted by Crippen LogP contribution is -2.52. The van der Waals surface area contributed by atoms with Crippen LogP contribution in [0.15, 0.2) is 24.3 Å². The summed E-state index contributed by atoms with van der Waals surface area (Å²) in [7, 11) is 0. The molecule has 1 aliphatic heterocycles. The van der Waals surface area contributed by atoms with Gasteiger partial charge >= 0.3 is 0 Å². The number of nitrogens with zero attached hydrogens (tertiary/aromatic N) is 2. The van der Waals surface area contributed by atoms with Crippen LogP contribution in [0.3, 0.4) is 0 Å². The average Bonchev–Trinajstić information content (AvgIpc) is 2.48. The van der Waals surface area contributed by atoms with Crippen LogP contribution in [0, 0.1) is 10.1 Å². The van der Waals surface area contributed by atoms with Gasteiger partial charge < -0.3 is 15.5 Å². The predicted molar refractivity (Wildman–Crippen MR) is 80.2 cm³/mol. The van der Waals surface area contributed by atoms with Crippen molar-refractivity contribution in [3.8, 4) is 0 Å². The molecule has 1 amide bonds. The minimum atomic E-state index is -0.428. The molecule has 1 atom stereocenters. The average molecular weight is 292 g/mol. The molecule has 0 aromatic heterocycles. The monoisotopic (exact) mass is 292 g/mol. The molecule has 1 fully saturated rings. The first-order chi connectivity index (χ1) is 10.1. The van der Waals surface area contributed by atoms with E-state index in [2.05, 4.69) is 10.6 Å². The summed E-state index contributed by atoms with van der Waals surface area (Å²) in [6.45, 7) is 4.74. The van der Waals surface area contributed by atoms with Gasteiger partial charge in [0.1, 0.15) is 5.69 Å². The number of carbonyl (C=O) groups excluding carboxylic acids is 1. The van der Waals surface area contributed by atoms with Gasteiger partial charge in [0.25, 0.3) is 5.69 Å². The zero-order valence-corrected chi connectivity index (χ0v) is 12.0. The third kappa shape index (κ3) is 3.91. The largest absolute Gasteiger partial charge is 0.379 e. The van der Waals surface area contributed by atoms with Crippen LogP contribution in [0.4, 0.5) is 11.4 Å². The molecule has 7 heteroatoms. The van der Waals surface area contributed by atoms with Crippen LogP contribution in [0.25, 0.3) is 0 Å². The van der Waals surface area contributed by atoms with E-state index in [-0.39, 0.29) is 17.6 Å². The van der Waals surface area contributed by atoms with Crippen molar-refractivity contribution in [1.82, 2.24) is 10.2 Å². The molecule has 21 heavy (non-hydrogen) atoms. The Morgan fingerprint density at radius 1 is 1.52 bits per heavy atom. The quantitative estimate of drug-likeness (QED) is 0.629. The van der Waals surface area contributed by atoms with Crippen LogP contribution in [0.1, 0.15) is 13.3 Å². The van der Waals surface area contributed by atoms with Crippen LogP contribution in [-0.2, 0) is 4.79 Å². The van der Waals surface area contributed by atoms with Gasteiger partial charge in [-0.2, -0.15) is 0 Å². The predicted octanol–water partition coefficient (Wildman–Crippen LogP) is 1.22. The molecule has 0 saturated carbocycles. The van der Waals surface area contributed by atoms with Gasteiger partial charge in [-0.05, 0) is 13.0 Å². The topological polar surface area (TPSA) is 87.5 Å². The third-order valence-corrected chi connectivity index (χ3v) is 3.58. The van der Waals surface area contributed by atoms with Crippen molar-refractivity contribution in [2.75, 3.05) is 31.5 Å². The fraction of sp³-hybridized carbons (Fsp3) is 0.500. The molecule has 1 heterocycles. The fourth-order valence-electron chi connectivity index (χ4n) is 2.44. The Kier molecular flexibility index (Phi) is 5.10. The van der Waals surface area contributed by atoms with Crippen molar-refractivity contribution < 1.29 is 9.72 Å². The van der Waals surface area contributed by atoms with E-state index in [4.69, 9.17) is 0 Å². The highest BCUT2D eigenvalue weighted by Crippen LogP contribution is 2.22. The van der Waals surface area contributed by atoms with Crippen LogP contribution in [0.2, 0.25) is 0 Å². The Labute approximate surface area is 123 Å². The van der Waals surface area contributed by atoms with Crippen LogP contribution in [0.5, 0.6) is 0 Å². The molecule has 7 nitrogen and oxygen atoms in total. The number of benzene rings is 1. The highest BCUT2D eigenvalue weighted by atomic mass is 16.6. The third-order valence-electron chi connectivity index (χ3n) is 3.58. The van der Waals surface area contributed by atoms with Gasteiger partial charge in [0.2, 0.25) is 5.91 Å². The van der Waals surface area contributed by atoms with Gasteiger partial charge in [0, 0.05) is 44.7 Å². The van der Waals surface area contributed by atoms with E-state index in [1.54, 1.807) is 18.2 Å². The van der Waals surface area contributed by atoms with Gasteiger partial charge in [-0.3, -0.25) is 14.9 Å². The van der Waals surface area contributed by atoms with E-state index in [9.17, 15) is 14.9 Å². The molecule has 2 N–H and O–H groups in total. The molecule has 0 aliphatic carbocycles. The molecule has 2 rings (SSSR count). The second-order valence-electron chi connectivity index (χ2n) is 5.09. The first-order valence-electron chi connectivity index (χ1n) is 7.07. The Bertz CT molecular complexity index is 521. The first kappa shape index (κ1) is 15.2. The van der Waals surface area contributed by atoms with Crippen LogP contribution in [-0.4, -0.2) is 48.0 Å². The second kappa shape index (κ2) is 7.03. The Balaban J connectivity index is 1.87. The molecule has 0 radical (unpaired) electrons. The van der Waals surface area contributed by atoms with Gasteiger partial charge in [-0.1, -0.05) is 12.1 Å². The van der Waals surface area contributed by atoms with Crippen LogP contribution >= 0.6 is 0 Å². The Hall–Kier alpha value is -2.15. The number of amides is 1. The van der Waals surface area contributed by atoms with Crippen molar-refractivity contribution in [2.24, 2.45) is 0 Å². The van der Waals surface area contributed by atoms with Crippen molar-refractivity contribution >= 4 is 17.3 Å². The lowest BCUT2D eigenvalue weighted by atomic mass is 10.2. The van der Waals surface area contributed by atoms with E-state index < -0.39 is 4.92 Å². The highest BCUT2D eigenvalue weighted by molar-refractivity contribution is 5.77.